The molecule has 0 atom stereocenters. The van der Waals surface area contributed by atoms with Crippen LogP contribution in [-0.4, -0.2) is 29.8 Å². The van der Waals surface area contributed by atoms with E-state index < -0.39 is 22.6 Å². The summed E-state index contributed by atoms with van der Waals surface area (Å²) in [6, 6.07) is 20.2. The van der Waals surface area contributed by atoms with E-state index in [0.717, 1.165) is 4.90 Å². The number of para-hydroxylation sites is 2. The summed E-state index contributed by atoms with van der Waals surface area (Å²) in [4.78, 5) is 51.5. The van der Waals surface area contributed by atoms with Gasteiger partial charge in [-0.3, -0.25) is 24.5 Å². The minimum atomic E-state index is -0.629. The molecule has 0 spiro atoms. The van der Waals surface area contributed by atoms with E-state index in [4.69, 9.17) is 4.74 Å². The molecule has 0 bridgehead atoms. The predicted octanol–water partition coefficient (Wildman–Crippen LogP) is 4.81. The van der Waals surface area contributed by atoms with Gasteiger partial charge in [0.2, 0.25) is 0 Å². The molecule has 1 heterocycles. The number of nitrogens with zero attached hydrogens (tertiary/aromatic N) is 2. The maximum Gasteiger partial charge on any atom is 0.277 e. The number of hydrogen-bond acceptors (Lipinski definition) is 6. The fraction of sp³-hybridized carbons (Fsp3) is 0.0385. The van der Waals surface area contributed by atoms with Crippen LogP contribution in [0.15, 0.2) is 78.9 Å². The van der Waals surface area contributed by atoms with Crippen molar-refractivity contribution in [1.29, 1.82) is 0 Å². The predicted molar refractivity (Wildman–Crippen MR) is 129 cm³/mol. The number of anilines is 2. The Balaban J connectivity index is 1.54. The summed E-state index contributed by atoms with van der Waals surface area (Å²) in [6.45, 7) is 0. The van der Waals surface area contributed by atoms with Crippen LogP contribution in [0, 0.1) is 10.1 Å². The molecule has 0 aliphatic carbocycles. The standard InChI is InChI=1S/C26H17N3O6/c1-35-22-11-3-2-10-20(22)27-24(30)15-6-4-7-16(14-15)28-25(31)18-9-5-8-17-21(29(33)34)13-12-19(23(17)18)26(28)32/h2-14H,1H3,(H,27,30). The zero-order chi connectivity index (χ0) is 24.7. The van der Waals surface area contributed by atoms with Crippen molar-refractivity contribution in [2.45, 2.75) is 0 Å². The molecule has 0 saturated heterocycles. The third kappa shape index (κ3) is 3.55. The van der Waals surface area contributed by atoms with E-state index in [2.05, 4.69) is 5.32 Å². The summed E-state index contributed by atoms with van der Waals surface area (Å²) in [5.41, 5.74) is 1.05. The Morgan fingerprint density at radius 2 is 1.63 bits per heavy atom. The Morgan fingerprint density at radius 3 is 2.37 bits per heavy atom. The van der Waals surface area contributed by atoms with Gasteiger partial charge in [0.05, 0.1) is 28.8 Å². The topological polar surface area (TPSA) is 119 Å². The van der Waals surface area contributed by atoms with Crippen molar-refractivity contribution >= 4 is 45.6 Å². The monoisotopic (exact) mass is 467 g/mol. The molecule has 1 aliphatic heterocycles. The van der Waals surface area contributed by atoms with E-state index in [1.54, 1.807) is 42.5 Å². The van der Waals surface area contributed by atoms with Crippen LogP contribution in [0.1, 0.15) is 31.1 Å². The van der Waals surface area contributed by atoms with Crippen LogP contribution in [-0.2, 0) is 0 Å². The van der Waals surface area contributed by atoms with Gasteiger partial charge >= 0.3 is 0 Å². The molecule has 0 aromatic heterocycles. The number of nitrogens with one attached hydrogen (secondary N) is 1. The summed E-state index contributed by atoms with van der Waals surface area (Å²) >= 11 is 0. The van der Waals surface area contributed by atoms with E-state index in [-0.39, 0.29) is 38.8 Å². The van der Waals surface area contributed by atoms with Gasteiger partial charge in [-0.15, -0.1) is 0 Å². The second-order valence-electron chi connectivity index (χ2n) is 7.77. The SMILES string of the molecule is COc1ccccc1NC(=O)c1cccc(N2C(=O)c3cccc4c([N+](=O)[O-])ccc(c34)C2=O)c1. The molecule has 1 N–H and O–H groups in total. The van der Waals surface area contributed by atoms with Crippen LogP contribution in [0.25, 0.3) is 10.8 Å². The first-order valence-corrected chi connectivity index (χ1v) is 10.5. The minimum absolute atomic E-state index is 0.171. The molecule has 0 fully saturated rings. The van der Waals surface area contributed by atoms with Crippen LogP contribution in [0.5, 0.6) is 5.75 Å². The number of ether oxygens (including phenoxy) is 1. The second kappa shape index (κ2) is 8.38. The largest absolute Gasteiger partial charge is 0.495 e. The fourth-order valence-corrected chi connectivity index (χ4v) is 4.20. The number of amides is 3. The van der Waals surface area contributed by atoms with Crippen LogP contribution in [0.2, 0.25) is 0 Å². The number of nitro groups is 1. The molecule has 4 aromatic carbocycles. The number of rotatable bonds is 5. The molecule has 9 heteroatoms. The van der Waals surface area contributed by atoms with Gasteiger partial charge < -0.3 is 10.1 Å². The van der Waals surface area contributed by atoms with Crippen molar-refractivity contribution in [3.05, 3.63) is 106 Å². The zero-order valence-electron chi connectivity index (χ0n) is 18.3. The highest BCUT2D eigenvalue weighted by atomic mass is 16.6. The summed E-state index contributed by atoms with van der Waals surface area (Å²) < 4.78 is 5.26. The maximum atomic E-state index is 13.4. The average Bonchev–Trinajstić information content (AvgIpc) is 2.87. The quantitative estimate of drug-likeness (QED) is 0.256. The van der Waals surface area contributed by atoms with E-state index in [1.807, 2.05) is 0 Å². The molecule has 0 saturated carbocycles. The first kappa shape index (κ1) is 21.8. The first-order valence-electron chi connectivity index (χ1n) is 10.5. The Hall–Kier alpha value is -5.05. The highest BCUT2D eigenvalue weighted by Gasteiger charge is 2.35. The Kier molecular flexibility index (Phi) is 5.21. The van der Waals surface area contributed by atoms with E-state index in [1.165, 1.54) is 43.5 Å². The van der Waals surface area contributed by atoms with Crippen molar-refractivity contribution in [3.8, 4) is 5.75 Å². The van der Waals surface area contributed by atoms with Crippen LogP contribution < -0.4 is 15.0 Å². The van der Waals surface area contributed by atoms with Gasteiger partial charge in [-0.2, -0.15) is 0 Å². The van der Waals surface area contributed by atoms with Crippen molar-refractivity contribution in [2.75, 3.05) is 17.3 Å². The number of imide groups is 1. The highest BCUT2D eigenvalue weighted by Crippen LogP contribution is 2.37. The summed E-state index contributed by atoms with van der Waals surface area (Å²) in [5.74, 6) is -1.23. The number of hydrogen-bond donors (Lipinski definition) is 1. The fourth-order valence-electron chi connectivity index (χ4n) is 4.20. The molecule has 172 valence electrons. The maximum absolute atomic E-state index is 13.4. The smallest absolute Gasteiger partial charge is 0.277 e. The van der Waals surface area contributed by atoms with E-state index >= 15 is 0 Å². The Labute approximate surface area is 198 Å². The lowest BCUT2D eigenvalue weighted by Crippen LogP contribution is -2.40. The van der Waals surface area contributed by atoms with Crippen LogP contribution >= 0.6 is 0 Å². The highest BCUT2D eigenvalue weighted by molar-refractivity contribution is 6.36. The molecule has 3 amide bonds. The van der Waals surface area contributed by atoms with Crippen molar-refractivity contribution in [1.82, 2.24) is 0 Å². The first-order chi connectivity index (χ1) is 16.9. The molecule has 9 nitrogen and oxygen atoms in total. The summed E-state index contributed by atoms with van der Waals surface area (Å²) in [7, 11) is 1.49. The number of methoxy groups -OCH3 is 1. The summed E-state index contributed by atoms with van der Waals surface area (Å²) in [5, 5.41) is 14.7. The molecule has 0 radical (unpaired) electrons. The lowest BCUT2D eigenvalue weighted by Gasteiger charge is -2.27. The number of carbonyl (C=O) groups is 3. The molecular formula is C26H17N3O6. The van der Waals surface area contributed by atoms with Gasteiger partial charge in [-0.25, -0.2) is 4.90 Å². The molecule has 1 aliphatic rings. The van der Waals surface area contributed by atoms with Gasteiger partial charge in [0.1, 0.15) is 5.75 Å². The summed E-state index contributed by atoms with van der Waals surface area (Å²) in [6.07, 6.45) is 0. The number of non-ortho nitro benzene ring substituents is 1. The lowest BCUT2D eigenvalue weighted by atomic mass is 9.92. The second-order valence-corrected chi connectivity index (χ2v) is 7.77. The Bertz CT molecular complexity index is 1540. The molecular weight excluding hydrogens is 450 g/mol. The lowest BCUT2D eigenvalue weighted by molar-refractivity contribution is -0.383. The van der Waals surface area contributed by atoms with Gasteiger partial charge in [0.25, 0.3) is 23.4 Å². The van der Waals surface area contributed by atoms with Gasteiger partial charge in [0.15, 0.2) is 0 Å². The van der Waals surface area contributed by atoms with Crippen molar-refractivity contribution < 1.29 is 24.0 Å². The minimum Gasteiger partial charge on any atom is -0.495 e. The van der Waals surface area contributed by atoms with Crippen molar-refractivity contribution in [2.24, 2.45) is 0 Å². The third-order valence-electron chi connectivity index (χ3n) is 5.80. The molecule has 35 heavy (non-hydrogen) atoms. The third-order valence-corrected chi connectivity index (χ3v) is 5.80. The van der Waals surface area contributed by atoms with E-state index in [0.29, 0.717) is 11.4 Å². The van der Waals surface area contributed by atoms with Crippen molar-refractivity contribution in [3.63, 3.8) is 0 Å². The Morgan fingerprint density at radius 1 is 0.914 bits per heavy atom. The van der Waals surface area contributed by atoms with E-state index in [9.17, 15) is 24.5 Å². The normalized spacial score (nSPS) is 12.5. The number of carbonyl (C=O) groups excluding carboxylic acids is 3. The van der Waals surface area contributed by atoms with Gasteiger partial charge in [0, 0.05) is 28.1 Å². The average molecular weight is 467 g/mol. The van der Waals surface area contributed by atoms with Gasteiger partial charge in [-0.05, 0) is 48.5 Å². The number of nitro benzene ring substituents is 1. The van der Waals surface area contributed by atoms with Crippen LogP contribution in [0.3, 0.4) is 0 Å². The van der Waals surface area contributed by atoms with Crippen LogP contribution in [0.4, 0.5) is 17.1 Å². The molecule has 5 rings (SSSR count). The van der Waals surface area contributed by atoms with Gasteiger partial charge in [-0.1, -0.05) is 24.3 Å². The number of benzene rings is 4. The molecule has 0 unspecified atom stereocenters. The molecule has 4 aromatic rings. The zero-order valence-corrected chi connectivity index (χ0v) is 18.3.